The molecule has 0 rings (SSSR count). The van der Waals surface area contributed by atoms with Crippen molar-refractivity contribution >= 4 is 6.09 Å². The first-order valence-corrected chi connectivity index (χ1v) is 3.70. The smallest absolute Gasteiger partial charge is 0.404 e. The Hall–Kier alpha value is -0.770. The van der Waals surface area contributed by atoms with E-state index in [-0.39, 0.29) is 6.10 Å². The minimum absolute atomic E-state index is 0.303. The van der Waals surface area contributed by atoms with Gasteiger partial charge in [-0.1, -0.05) is 6.92 Å². The molecule has 0 bridgehead atoms. The molecule has 0 heterocycles. The standard InChI is InChI=1S/C7H15NO3/c1-3-6(9)4-5(2)11-7(8)10/h5-6,9H,3-4H2,1-2H3,(H2,8,10). The number of amides is 1. The summed E-state index contributed by atoms with van der Waals surface area (Å²) in [4.78, 5) is 10.2. The second-order valence-electron chi connectivity index (χ2n) is 2.55. The predicted octanol–water partition coefficient (Wildman–Crippen LogP) is 0.631. The minimum atomic E-state index is -0.791. The molecule has 11 heavy (non-hydrogen) atoms. The van der Waals surface area contributed by atoms with Gasteiger partial charge in [0.25, 0.3) is 0 Å². The SMILES string of the molecule is CCC(O)CC(C)OC(N)=O. The minimum Gasteiger partial charge on any atom is -0.447 e. The van der Waals surface area contributed by atoms with Crippen molar-refractivity contribution in [2.75, 3.05) is 0 Å². The number of aliphatic hydroxyl groups excluding tert-OH is 1. The molecule has 0 fully saturated rings. The van der Waals surface area contributed by atoms with E-state index < -0.39 is 12.2 Å². The molecule has 4 heteroatoms. The molecule has 0 aromatic rings. The molecule has 1 amide bonds. The van der Waals surface area contributed by atoms with Crippen LogP contribution < -0.4 is 5.73 Å². The molecular formula is C7H15NO3. The molecule has 0 saturated carbocycles. The Kier molecular flexibility index (Phi) is 4.61. The summed E-state index contributed by atoms with van der Waals surface area (Å²) in [7, 11) is 0. The fourth-order valence-electron chi connectivity index (χ4n) is 0.796. The molecule has 0 saturated heterocycles. The third kappa shape index (κ3) is 5.66. The highest BCUT2D eigenvalue weighted by Gasteiger charge is 2.10. The van der Waals surface area contributed by atoms with Crippen LogP contribution in [0.25, 0.3) is 0 Å². The first-order chi connectivity index (χ1) is 5.06. The molecule has 0 aliphatic heterocycles. The van der Waals surface area contributed by atoms with Crippen LogP contribution in [0.15, 0.2) is 0 Å². The maximum Gasteiger partial charge on any atom is 0.404 e. The number of aliphatic hydroxyl groups is 1. The van der Waals surface area contributed by atoms with Crippen LogP contribution in [-0.2, 0) is 4.74 Å². The normalized spacial score (nSPS) is 15.5. The fourth-order valence-corrected chi connectivity index (χ4v) is 0.796. The molecule has 0 aromatic heterocycles. The molecule has 0 aliphatic carbocycles. The van der Waals surface area contributed by atoms with Crippen LogP contribution >= 0.6 is 0 Å². The lowest BCUT2D eigenvalue weighted by Crippen LogP contribution is -2.24. The Morgan fingerprint density at radius 1 is 1.73 bits per heavy atom. The van der Waals surface area contributed by atoms with Crippen molar-refractivity contribution in [2.45, 2.75) is 38.9 Å². The van der Waals surface area contributed by atoms with E-state index in [2.05, 4.69) is 4.74 Å². The van der Waals surface area contributed by atoms with Crippen LogP contribution in [0, 0.1) is 0 Å². The van der Waals surface area contributed by atoms with Gasteiger partial charge in [-0.2, -0.15) is 0 Å². The number of primary amides is 1. The lowest BCUT2D eigenvalue weighted by molar-refractivity contribution is 0.0664. The van der Waals surface area contributed by atoms with Gasteiger partial charge in [0.15, 0.2) is 0 Å². The highest BCUT2D eigenvalue weighted by Crippen LogP contribution is 2.04. The summed E-state index contributed by atoms with van der Waals surface area (Å²) < 4.78 is 4.60. The van der Waals surface area contributed by atoms with Crippen molar-refractivity contribution in [1.82, 2.24) is 0 Å². The van der Waals surface area contributed by atoms with E-state index in [4.69, 9.17) is 10.8 Å². The third-order valence-corrected chi connectivity index (χ3v) is 1.39. The van der Waals surface area contributed by atoms with Gasteiger partial charge in [-0.25, -0.2) is 4.79 Å². The van der Waals surface area contributed by atoms with E-state index in [1.807, 2.05) is 6.92 Å². The van der Waals surface area contributed by atoms with E-state index >= 15 is 0 Å². The van der Waals surface area contributed by atoms with Crippen LogP contribution in [0.2, 0.25) is 0 Å². The quantitative estimate of drug-likeness (QED) is 0.635. The van der Waals surface area contributed by atoms with Gasteiger partial charge < -0.3 is 15.6 Å². The Bertz CT molecular complexity index is 127. The first kappa shape index (κ1) is 10.2. The predicted molar refractivity (Wildman–Crippen MR) is 41.0 cm³/mol. The fraction of sp³-hybridized carbons (Fsp3) is 0.857. The molecule has 3 N–H and O–H groups in total. The number of carbonyl (C=O) groups excluding carboxylic acids is 1. The van der Waals surface area contributed by atoms with Gasteiger partial charge in [0.1, 0.15) is 6.10 Å². The summed E-state index contributed by atoms with van der Waals surface area (Å²) in [5.74, 6) is 0. The van der Waals surface area contributed by atoms with Crippen molar-refractivity contribution in [3.63, 3.8) is 0 Å². The van der Waals surface area contributed by atoms with Gasteiger partial charge in [-0.3, -0.25) is 0 Å². The van der Waals surface area contributed by atoms with E-state index in [0.717, 1.165) is 0 Å². The Morgan fingerprint density at radius 3 is 2.64 bits per heavy atom. The van der Waals surface area contributed by atoms with Gasteiger partial charge >= 0.3 is 6.09 Å². The van der Waals surface area contributed by atoms with Gasteiger partial charge in [0.05, 0.1) is 6.10 Å². The lowest BCUT2D eigenvalue weighted by atomic mass is 10.1. The summed E-state index contributed by atoms with van der Waals surface area (Å²) in [5, 5.41) is 9.11. The van der Waals surface area contributed by atoms with E-state index in [9.17, 15) is 4.79 Å². The summed E-state index contributed by atoms with van der Waals surface area (Å²) in [6.07, 6.45) is -0.404. The third-order valence-electron chi connectivity index (χ3n) is 1.39. The second kappa shape index (κ2) is 4.96. The van der Waals surface area contributed by atoms with Crippen LogP contribution in [-0.4, -0.2) is 23.4 Å². The summed E-state index contributed by atoms with van der Waals surface area (Å²) >= 11 is 0. The van der Waals surface area contributed by atoms with Gasteiger partial charge in [-0.05, 0) is 13.3 Å². The number of rotatable bonds is 4. The number of ether oxygens (including phenoxy) is 1. The molecule has 2 unspecified atom stereocenters. The summed E-state index contributed by atoms with van der Waals surface area (Å²) in [5.41, 5.74) is 4.77. The van der Waals surface area contributed by atoms with Gasteiger partial charge in [0, 0.05) is 6.42 Å². The maximum atomic E-state index is 10.2. The zero-order valence-corrected chi connectivity index (χ0v) is 6.91. The average molecular weight is 161 g/mol. The average Bonchev–Trinajstić information content (AvgIpc) is 1.85. The highest BCUT2D eigenvalue weighted by atomic mass is 16.6. The van der Waals surface area contributed by atoms with Crippen molar-refractivity contribution in [3.8, 4) is 0 Å². The first-order valence-electron chi connectivity index (χ1n) is 3.70. The van der Waals surface area contributed by atoms with Crippen molar-refractivity contribution in [2.24, 2.45) is 5.73 Å². The summed E-state index contributed by atoms with van der Waals surface area (Å²) in [6.45, 7) is 3.56. The molecule has 0 spiro atoms. The number of hydrogen-bond donors (Lipinski definition) is 2. The second-order valence-corrected chi connectivity index (χ2v) is 2.55. The van der Waals surface area contributed by atoms with Crippen LogP contribution in [0.3, 0.4) is 0 Å². The Balaban J connectivity index is 3.51. The molecule has 2 atom stereocenters. The molecule has 0 radical (unpaired) electrons. The number of hydrogen-bond acceptors (Lipinski definition) is 3. The molecular weight excluding hydrogens is 146 g/mol. The van der Waals surface area contributed by atoms with Gasteiger partial charge in [-0.15, -0.1) is 0 Å². The number of nitrogens with two attached hydrogens (primary N) is 1. The molecule has 66 valence electrons. The number of carbonyl (C=O) groups is 1. The monoisotopic (exact) mass is 161 g/mol. The van der Waals surface area contributed by atoms with E-state index in [1.165, 1.54) is 0 Å². The lowest BCUT2D eigenvalue weighted by Gasteiger charge is -2.14. The maximum absolute atomic E-state index is 10.2. The summed E-state index contributed by atoms with van der Waals surface area (Å²) in [6, 6.07) is 0. The topological polar surface area (TPSA) is 72.6 Å². The van der Waals surface area contributed by atoms with Gasteiger partial charge in [0.2, 0.25) is 0 Å². The Labute approximate surface area is 66.3 Å². The molecule has 0 aliphatic rings. The Morgan fingerprint density at radius 2 is 2.27 bits per heavy atom. The largest absolute Gasteiger partial charge is 0.447 e. The van der Waals surface area contributed by atoms with E-state index in [0.29, 0.717) is 12.8 Å². The van der Waals surface area contributed by atoms with Crippen molar-refractivity contribution < 1.29 is 14.6 Å². The zero-order valence-electron chi connectivity index (χ0n) is 6.91. The highest BCUT2D eigenvalue weighted by molar-refractivity contribution is 5.64. The van der Waals surface area contributed by atoms with Crippen LogP contribution in [0.4, 0.5) is 4.79 Å². The molecule has 0 aromatic carbocycles. The van der Waals surface area contributed by atoms with E-state index in [1.54, 1.807) is 6.92 Å². The van der Waals surface area contributed by atoms with Crippen LogP contribution in [0.1, 0.15) is 26.7 Å². The zero-order chi connectivity index (χ0) is 8.85. The van der Waals surface area contributed by atoms with Crippen molar-refractivity contribution in [1.29, 1.82) is 0 Å². The molecule has 4 nitrogen and oxygen atoms in total. The van der Waals surface area contributed by atoms with Crippen LogP contribution in [0.5, 0.6) is 0 Å². The van der Waals surface area contributed by atoms with Crippen molar-refractivity contribution in [3.05, 3.63) is 0 Å².